The number of benzene rings is 1. The Balaban J connectivity index is 1.35. The topological polar surface area (TPSA) is 104 Å². The summed E-state index contributed by atoms with van der Waals surface area (Å²) in [5.41, 5.74) is 3.90. The molecule has 1 atom stereocenters. The molecule has 1 aromatic carbocycles. The lowest BCUT2D eigenvalue weighted by molar-refractivity contribution is -0.137. The van der Waals surface area contributed by atoms with E-state index in [1.807, 2.05) is 0 Å². The van der Waals surface area contributed by atoms with Gasteiger partial charge in [0.1, 0.15) is 0 Å². The quantitative estimate of drug-likeness (QED) is 0.746. The normalized spacial score (nSPS) is 23.9. The molecule has 3 fully saturated rings. The summed E-state index contributed by atoms with van der Waals surface area (Å²) in [5, 5.41) is 0. The zero-order valence-electron chi connectivity index (χ0n) is 15.9. The molecule has 0 aliphatic carbocycles. The van der Waals surface area contributed by atoms with Crippen molar-refractivity contribution in [3.05, 3.63) is 29.8 Å². The van der Waals surface area contributed by atoms with Crippen LogP contribution >= 0.6 is 0 Å². The maximum atomic E-state index is 12.9. The van der Waals surface area contributed by atoms with Crippen molar-refractivity contribution in [3.8, 4) is 0 Å². The van der Waals surface area contributed by atoms with E-state index in [1.54, 1.807) is 9.80 Å². The van der Waals surface area contributed by atoms with Crippen LogP contribution in [0.2, 0.25) is 0 Å². The first kappa shape index (κ1) is 20.9. The lowest BCUT2D eigenvalue weighted by atomic mass is 9.74. The van der Waals surface area contributed by atoms with E-state index in [0.717, 1.165) is 22.5 Å². The molecule has 3 aliphatic heterocycles. The summed E-state index contributed by atoms with van der Waals surface area (Å²) < 4.78 is 65.1. The minimum Gasteiger partial charge on any atom is -0.369 e. The first-order valence-corrected chi connectivity index (χ1v) is 10.9. The van der Waals surface area contributed by atoms with E-state index < -0.39 is 32.6 Å². The molecule has 0 saturated carbocycles. The van der Waals surface area contributed by atoms with Gasteiger partial charge < -0.3 is 15.5 Å². The second-order valence-corrected chi connectivity index (χ2v) is 10.2. The molecule has 3 amide bonds. The standard InChI is InChI=1S/C18H21F3N4O4S/c19-18(20,21)13-2-1-3-14(6-13)30(28,29)25-10-17(11-25)8-24(9-17)16(27)23-5-4-12(7-23)15(22)26/h1-3,6,12H,4-5,7-11H2,(H2,22,26)/t12-/m0/s1. The molecule has 3 heterocycles. The molecule has 3 saturated heterocycles. The van der Waals surface area contributed by atoms with Crippen LogP contribution in [0.4, 0.5) is 18.0 Å². The molecule has 0 bridgehead atoms. The average Bonchev–Trinajstić information content (AvgIpc) is 3.09. The van der Waals surface area contributed by atoms with Crippen molar-refractivity contribution in [3.63, 3.8) is 0 Å². The number of primary amides is 1. The van der Waals surface area contributed by atoms with Gasteiger partial charge in [0.15, 0.2) is 0 Å². The van der Waals surface area contributed by atoms with Crippen LogP contribution in [-0.4, -0.2) is 73.7 Å². The van der Waals surface area contributed by atoms with E-state index in [2.05, 4.69) is 0 Å². The zero-order valence-corrected chi connectivity index (χ0v) is 16.7. The van der Waals surface area contributed by atoms with Gasteiger partial charge in [0.05, 0.1) is 16.4 Å². The SMILES string of the molecule is NC(=O)[C@H]1CCN(C(=O)N2CC3(C2)CN(S(=O)(=O)c2cccc(C(F)(F)F)c2)C3)C1. The van der Waals surface area contributed by atoms with Gasteiger partial charge in [-0.25, -0.2) is 13.2 Å². The number of nitrogens with zero attached hydrogens (tertiary/aromatic N) is 3. The fourth-order valence-electron chi connectivity index (χ4n) is 4.32. The van der Waals surface area contributed by atoms with E-state index in [9.17, 15) is 31.2 Å². The number of amides is 3. The summed E-state index contributed by atoms with van der Waals surface area (Å²) in [7, 11) is -4.03. The second-order valence-electron chi connectivity index (χ2n) is 8.27. The van der Waals surface area contributed by atoms with Gasteiger partial charge in [-0.2, -0.15) is 17.5 Å². The first-order valence-electron chi connectivity index (χ1n) is 9.42. The van der Waals surface area contributed by atoms with Crippen molar-refractivity contribution in [2.75, 3.05) is 39.3 Å². The highest BCUT2D eigenvalue weighted by molar-refractivity contribution is 7.89. The Kier molecular flexibility index (Phi) is 4.77. The van der Waals surface area contributed by atoms with Crippen molar-refractivity contribution in [2.45, 2.75) is 17.5 Å². The Hall–Kier alpha value is -2.34. The van der Waals surface area contributed by atoms with Gasteiger partial charge in [0.25, 0.3) is 0 Å². The lowest BCUT2D eigenvalue weighted by Gasteiger charge is -2.59. The van der Waals surface area contributed by atoms with Crippen LogP contribution in [0.15, 0.2) is 29.2 Å². The predicted molar refractivity (Wildman–Crippen MR) is 98.5 cm³/mol. The zero-order chi connectivity index (χ0) is 21.9. The average molecular weight is 446 g/mol. The van der Waals surface area contributed by atoms with E-state index in [4.69, 9.17) is 5.73 Å². The lowest BCUT2D eigenvalue weighted by Crippen LogP contribution is -2.74. The van der Waals surface area contributed by atoms with Crippen molar-refractivity contribution in [1.29, 1.82) is 0 Å². The van der Waals surface area contributed by atoms with Crippen LogP contribution in [-0.2, 0) is 21.0 Å². The molecular formula is C18H21F3N4O4S. The Morgan fingerprint density at radius 3 is 2.33 bits per heavy atom. The van der Waals surface area contributed by atoms with E-state index >= 15 is 0 Å². The first-order chi connectivity index (χ1) is 13.9. The largest absolute Gasteiger partial charge is 0.416 e. The van der Waals surface area contributed by atoms with E-state index in [0.29, 0.717) is 32.1 Å². The van der Waals surface area contributed by atoms with Gasteiger partial charge in [-0.1, -0.05) is 6.07 Å². The Bertz CT molecular complexity index is 983. The van der Waals surface area contributed by atoms with Crippen LogP contribution in [0.5, 0.6) is 0 Å². The number of carbonyl (C=O) groups excluding carboxylic acids is 2. The molecule has 12 heteroatoms. The number of alkyl halides is 3. The maximum Gasteiger partial charge on any atom is 0.416 e. The molecule has 164 valence electrons. The number of urea groups is 1. The molecule has 3 aliphatic rings. The molecule has 4 rings (SSSR count). The third-order valence-electron chi connectivity index (χ3n) is 6.01. The third-order valence-corrected chi connectivity index (χ3v) is 7.79. The highest BCUT2D eigenvalue weighted by Gasteiger charge is 2.57. The van der Waals surface area contributed by atoms with Crippen molar-refractivity contribution < 1.29 is 31.2 Å². The van der Waals surface area contributed by atoms with Gasteiger partial charge in [-0.15, -0.1) is 0 Å². The van der Waals surface area contributed by atoms with E-state index in [-0.39, 0.29) is 37.0 Å². The number of hydrogen-bond donors (Lipinski definition) is 1. The summed E-state index contributed by atoms with van der Waals surface area (Å²) >= 11 is 0. The minimum atomic E-state index is -4.63. The fraction of sp³-hybridized carbons (Fsp3) is 0.556. The number of hydrogen-bond acceptors (Lipinski definition) is 4. The van der Waals surface area contributed by atoms with Gasteiger partial charge in [0, 0.05) is 44.7 Å². The summed E-state index contributed by atoms with van der Waals surface area (Å²) in [5.74, 6) is -0.777. The molecule has 8 nitrogen and oxygen atoms in total. The second kappa shape index (κ2) is 6.84. The summed E-state index contributed by atoms with van der Waals surface area (Å²) in [6, 6.07) is 3.48. The summed E-state index contributed by atoms with van der Waals surface area (Å²) in [4.78, 5) is 26.5. The molecule has 0 radical (unpaired) electrons. The highest BCUT2D eigenvalue weighted by Crippen LogP contribution is 2.43. The van der Waals surface area contributed by atoms with Gasteiger partial charge in [0.2, 0.25) is 15.9 Å². The summed E-state index contributed by atoms with van der Waals surface area (Å²) in [6.45, 7) is 1.79. The van der Waals surface area contributed by atoms with Crippen LogP contribution in [0.1, 0.15) is 12.0 Å². The van der Waals surface area contributed by atoms with Gasteiger partial charge in [-0.3, -0.25) is 4.79 Å². The molecule has 2 N–H and O–H groups in total. The monoisotopic (exact) mass is 446 g/mol. The Morgan fingerprint density at radius 2 is 1.77 bits per heavy atom. The number of carbonyl (C=O) groups is 2. The molecule has 1 aromatic rings. The van der Waals surface area contributed by atoms with Crippen LogP contribution in [0.3, 0.4) is 0 Å². The van der Waals surface area contributed by atoms with Gasteiger partial charge >= 0.3 is 12.2 Å². The summed E-state index contributed by atoms with van der Waals surface area (Å²) in [6.07, 6.45) is -4.09. The smallest absolute Gasteiger partial charge is 0.369 e. The number of rotatable bonds is 3. The Morgan fingerprint density at radius 1 is 1.10 bits per heavy atom. The van der Waals surface area contributed by atoms with Crippen molar-refractivity contribution >= 4 is 22.0 Å². The van der Waals surface area contributed by atoms with Crippen LogP contribution < -0.4 is 5.73 Å². The van der Waals surface area contributed by atoms with E-state index in [1.165, 1.54) is 0 Å². The third kappa shape index (κ3) is 3.51. The number of sulfonamides is 1. The van der Waals surface area contributed by atoms with Crippen LogP contribution in [0.25, 0.3) is 0 Å². The van der Waals surface area contributed by atoms with Crippen molar-refractivity contribution in [2.24, 2.45) is 17.1 Å². The minimum absolute atomic E-state index is 0.152. The fourth-order valence-corrected chi connectivity index (χ4v) is 6.03. The molecule has 1 spiro atoms. The predicted octanol–water partition coefficient (Wildman–Crippen LogP) is 0.939. The highest BCUT2D eigenvalue weighted by atomic mass is 32.2. The van der Waals surface area contributed by atoms with Crippen LogP contribution in [0, 0.1) is 11.3 Å². The van der Waals surface area contributed by atoms with Gasteiger partial charge in [-0.05, 0) is 24.6 Å². The molecule has 30 heavy (non-hydrogen) atoms. The molecule has 0 aromatic heterocycles. The maximum absolute atomic E-state index is 12.9. The number of nitrogens with two attached hydrogens (primary N) is 1. The Labute approximate surface area is 171 Å². The number of halogens is 3. The molecular weight excluding hydrogens is 425 g/mol. The molecule has 0 unspecified atom stereocenters. The number of likely N-dealkylation sites (tertiary alicyclic amines) is 2. The van der Waals surface area contributed by atoms with Crippen molar-refractivity contribution in [1.82, 2.24) is 14.1 Å².